The Bertz CT molecular complexity index is 1500. The van der Waals surface area contributed by atoms with E-state index < -0.39 is 6.17 Å². The Balaban J connectivity index is 1.31. The molecule has 0 spiro atoms. The standard InChI is InChI=1S/C28H32BrFN6O3/c1-34-23-22(36(33-24(23)29)20-10-5-6-13-37-20)21-25(34)31-27(32-26(21)38-16-18-8-3-2-4-9-18)39-17-28-11-7-12-35(28)15-19(30)14-28/h2-4,8-9,19-20H,5-7,10-17H2,1H3/t19-,20?,28+/m1/s1. The van der Waals surface area contributed by atoms with Gasteiger partial charge in [0.1, 0.15) is 35.8 Å². The monoisotopic (exact) mass is 598 g/mol. The van der Waals surface area contributed by atoms with Gasteiger partial charge in [0, 0.05) is 26.6 Å². The van der Waals surface area contributed by atoms with Crippen LogP contribution in [-0.2, 0) is 18.4 Å². The lowest BCUT2D eigenvalue weighted by Gasteiger charge is -2.30. The summed E-state index contributed by atoms with van der Waals surface area (Å²) >= 11 is 3.67. The van der Waals surface area contributed by atoms with Crippen molar-refractivity contribution in [1.29, 1.82) is 0 Å². The molecule has 3 aromatic heterocycles. The van der Waals surface area contributed by atoms with Crippen molar-refractivity contribution in [3.8, 4) is 11.9 Å². The van der Waals surface area contributed by atoms with Gasteiger partial charge in [-0.3, -0.25) is 4.90 Å². The summed E-state index contributed by atoms with van der Waals surface area (Å²) in [6.45, 7) is 2.80. The third-order valence-corrected chi connectivity index (χ3v) is 8.98. The van der Waals surface area contributed by atoms with Crippen molar-refractivity contribution >= 4 is 38.0 Å². The van der Waals surface area contributed by atoms with Crippen LogP contribution >= 0.6 is 15.9 Å². The van der Waals surface area contributed by atoms with Gasteiger partial charge in [-0.1, -0.05) is 30.3 Å². The van der Waals surface area contributed by atoms with E-state index in [2.05, 4.69) is 20.8 Å². The van der Waals surface area contributed by atoms with E-state index in [1.807, 2.05) is 46.6 Å². The van der Waals surface area contributed by atoms with Crippen LogP contribution in [0.25, 0.3) is 22.1 Å². The number of benzene rings is 1. The van der Waals surface area contributed by atoms with Crippen LogP contribution in [0.3, 0.4) is 0 Å². The molecule has 0 saturated carbocycles. The number of halogens is 2. The van der Waals surface area contributed by atoms with E-state index in [1.165, 1.54) is 0 Å². The highest BCUT2D eigenvalue weighted by molar-refractivity contribution is 9.10. The molecule has 3 fully saturated rings. The van der Waals surface area contributed by atoms with E-state index in [1.54, 1.807) is 0 Å². The molecule has 39 heavy (non-hydrogen) atoms. The summed E-state index contributed by atoms with van der Waals surface area (Å²) in [6, 6.07) is 10.2. The van der Waals surface area contributed by atoms with E-state index in [9.17, 15) is 4.39 Å². The van der Waals surface area contributed by atoms with Crippen molar-refractivity contribution in [3.05, 3.63) is 40.5 Å². The molecule has 3 aliphatic rings. The van der Waals surface area contributed by atoms with Crippen LogP contribution in [0.15, 0.2) is 34.9 Å². The molecule has 1 unspecified atom stereocenters. The van der Waals surface area contributed by atoms with Crippen LogP contribution in [0, 0.1) is 0 Å². The van der Waals surface area contributed by atoms with Gasteiger partial charge in [0.25, 0.3) is 0 Å². The maximum absolute atomic E-state index is 14.3. The first-order valence-corrected chi connectivity index (χ1v) is 14.6. The Morgan fingerprint density at radius 3 is 2.82 bits per heavy atom. The minimum Gasteiger partial charge on any atom is -0.472 e. The lowest BCUT2D eigenvalue weighted by molar-refractivity contribution is -0.0367. The van der Waals surface area contributed by atoms with E-state index in [0.29, 0.717) is 48.9 Å². The molecule has 0 amide bonds. The average Bonchev–Trinajstić information content (AvgIpc) is 3.67. The van der Waals surface area contributed by atoms with Crippen LogP contribution in [0.1, 0.15) is 50.3 Å². The lowest BCUT2D eigenvalue weighted by atomic mass is 9.95. The molecule has 3 atom stereocenters. The predicted octanol–water partition coefficient (Wildman–Crippen LogP) is 5.31. The zero-order chi connectivity index (χ0) is 26.6. The maximum Gasteiger partial charge on any atom is 0.321 e. The summed E-state index contributed by atoms with van der Waals surface area (Å²) in [5.74, 6) is 0.435. The Morgan fingerprint density at radius 2 is 2.00 bits per heavy atom. The van der Waals surface area contributed by atoms with Crippen LogP contribution in [-0.4, -0.2) is 67.2 Å². The van der Waals surface area contributed by atoms with Gasteiger partial charge < -0.3 is 18.8 Å². The molecule has 206 valence electrons. The van der Waals surface area contributed by atoms with Gasteiger partial charge >= 0.3 is 6.01 Å². The van der Waals surface area contributed by atoms with Crippen LogP contribution in [0.2, 0.25) is 0 Å². The lowest BCUT2D eigenvalue weighted by Crippen LogP contribution is -2.43. The molecular formula is C28H32BrFN6O3. The van der Waals surface area contributed by atoms with Gasteiger partial charge in [0.2, 0.25) is 5.88 Å². The number of ether oxygens (including phenoxy) is 3. The first kappa shape index (κ1) is 25.2. The topological polar surface area (TPSA) is 79.5 Å². The molecule has 6 heterocycles. The van der Waals surface area contributed by atoms with Crippen LogP contribution in [0.5, 0.6) is 11.9 Å². The minimum atomic E-state index is -0.817. The second-order valence-corrected chi connectivity index (χ2v) is 11.7. The van der Waals surface area contributed by atoms with Crippen molar-refractivity contribution in [1.82, 2.24) is 29.2 Å². The first-order valence-electron chi connectivity index (χ1n) is 13.8. The molecule has 0 aliphatic carbocycles. The Morgan fingerprint density at radius 1 is 1.13 bits per heavy atom. The minimum absolute atomic E-state index is 0.167. The number of hydrogen-bond donors (Lipinski definition) is 0. The number of aryl methyl sites for hydroxylation is 1. The zero-order valence-corrected chi connectivity index (χ0v) is 23.6. The van der Waals surface area contributed by atoms with Gasteiger partial charge in [-0.25, -0.2) is 9.07 Å². The van der Waals surface area contributed by atoms with Crippen molar-refractivity contribution in [2.45, 2.75) is 63.1 Å². The zero-order valence-electron chi connectivity index (χ0n) is 22.0. The van der Waals surface area contributed by atoms with E-state index in [-0.39, 0.29) is 17.8 Å². The van der Waals surface area contributed by atoms with Gasteiger partial charge in [0.05, 0.1) is 5.54 Å². The molecule has 7 rings (SSSR count). The highest BCUT2D eigenvalue weighted by atomic mass is 79.9. The van der Waals surface area contributed by atoms with Crippen molar-refractivity contribution in [3.63, 3.8) is 0 Å². The predicted molar refractivity (Wildman–Crippen MR) is 148 cm³/mol. The van der Waals surface area contributed by atoms with Gasteiger partial charge in [-0.15, -0.1) is 0 Å². The molecule has 3 saturated heterocycles. The fourth-order valence-electron chi connectivity index (χ4n) is 6.56. The first-order chi connectivity index (χ1) is 19.0. The number of hydrogen-bond acceptors (Lipinski definition) is 7. The molecule has 9 nitrogen and oxygen atoms in total. The van der Waals surface area contributed by atoms with E-state index in [0.717, 1.165) is 60.6 Å². The highest BCUT2D eigenvalue weighted by Gasteiger charge is 2.49. The largest absolute Gasteiger partial charge is 0.472 e. The van der Waals surface area contributed by atoms with Gasteiger partial charge in [-0.2, -0.15) is 15.1 Å². The SMILES string of the molecule is Cn1c2nc(OC[C@@]34CCCN3C[C@H](F)C4)nc(OCc3ccccc3)c2c2c1c(Br)nn2C1CCCCO1. The number of nitrogens with zero attached hydrogens (tertiary/aromatic N) is 6. The summed E-state index contributed by atoms with van der Waals surface area (Å²) in [5, 5.41) is 5.57. The van der Waals surface area contributed by atoms with E-state index in [4.69, 9.17) is 29.3 Å². The summed E-state index contributed by atoms with van der Waals surface area (Å²) in [6.07, 6.45) is 4.50. The quantitative estimate of drug-likeness (QED) is 0.285. The molecular weight excluding hydrogens is 567 g/mol. The number of aromatic nitrogens is 5. The Labute approximate surface area is 234 Å². The molecule has 3 aliphatic heterocycles. The molecule has 0 radical (unpaired) electrons. The second-order valence-electron chi connectivity index (χ2n) is 11.0. The van der Waals surface area contributed by atoms with E-state index >= 15 is 0 Å². The normalized spacial score (nSPS) is 25.5. The van der Waals surface area contributed by atoms with Crippen LogP contribution in [0.4, 0.5) is 4.39 Å². The Kier molecular flexibility index (Phi) is 6.48. The molecule has 11 heteroatoms. The summed E-state index contributed by atoms with van der Waals surface area (Å²) in [4.78, 5) is 11.9. The highest BCUT2D eigenvalue weighted by Crippen LogP contribution is 2.42. The average molecular weight is 600 g/mol. The van der Waals surface area contributed by atoms with Gasteiger partial charge in [0.15, 0.2) is 16.5 Å². The molecule has 0 N–H and O–H groups in total. The third kappa shape index (κ3) is 4.38. The summed E-state index contributed by atoms with van der Waals surface area (Å²) in [5.41, 5.74) is 3.20. The van der Waals surface area contributed by atoms with Crippen LogP contribution < -0.4 is 9.47 Å². The van der Waals surface area contributed by atoms with Crippen molar-refractivity contribution in [2.75, 3.05) is 26.3 Å². The molecule has 4 aromatic rings. The number of alkyl halides is 1. The van der Waals surface area contributed by atoms with Crippen molar-refractivity contribution < 1.29 is 18.6 Å². The van der Waals surface area contributed by atoms with Crippen molar-refractivity contribution in [2.24, 2.45) is 7.05 Å². The molecule has 1 aromatic carbocycles. The number of fused-ring (bicyclic) bond motifs is 4. The fraction of sp³-hybridized carbons (Fsp3) is 0.536. The summed E-state index contributed by atoms with van der Waals surface area (Å²) < 4.78 is 37.7. The maximum atomic E-state index is 14.3. The third-order valence-electron chi connectivity index (χ3n) is 8.45. The fourth-order valence-corrected chi connectivity index (χ4v) is 7.19. The second kappa shape index (κ2) is 10.0. The smallest absolute Gasteiger partial charge is 0.321 e. The summed E-state index contributed by atoms with van der Waals surface area (Å²) in [7, 11) is 1.96. The number of rotatable bonds is 7. The van der Waals surface area contributed by atoms with Gasteiger partial charge in [-0.05, 0) is 60.1 Å². The Hall–Kier alpha value is -2.76. The molecule has 0 bridgehead atoms.